The predicted molar refractivity (Wildman–Crippen MR) is 79.6 cm³/mol. The van der Waals surface area contributed by atoms with Crippen molar-refractivity contribution >= 4 is 11.6 Å². The number of nitrogens with two attached hydrogens (primary N) is 1. The third-order valence-electron chi connectivity index (χ3n) is 4.23. The third kappa shape index (κ3) is 2.65. The van der Waals surface area contributed by atoms with Gasteiger partial charge in [-0.15, -0.1) is 0 Å². The van der Waals surface area contributed by atoms with Crippen LogP contribution in [0, 0.1) is 0 Å². The van der Waals surface area contributed by atoms with E-state index in [1.807, 2.05) is 4.90 Å². The number of anilines is 1. The number of aryl methyl sites for hydroxylation is 1. The lowest BCUT2D eigenvalue weighted by Crippen LogP contribution is -2.56. The van der Waals surface area contributed by atoms with Gasteiger partial charge in [-0.3, -0.25) is 14.8 Å². The zero-order valence-electron chi connectivity index (χ0n) is 12.8. The molecule has 0 radical (unpaired) electrons. The molecule has 6 nitrogen and oxygen atoms in total. The number of likely N-dealkylation sites (N-methyl/N-ethyl adjacent to an activating group) is 1. The van der Waals surface area contributed by atoms with Gasteiger partial charge in [0.05, 0.1) is 11.4 Å². The predicted octanol–water partition coefficient (Wildman–Crippen LogP) is 1.11. The number of H-pyrrole nitrogens is 1. The molecule has 1 amide bonds. The molecule has 1 aliphatic heterocycles. The maximum Gasteiger partial charge on any atom is 0.276 e. The van der Waals surface area contributed by atoms with Crippen LogP contribution in [0.5, 0.6) is 0 Å². The average Bonchev–Trinajstić information content (AvgIpc) is 2.77. The van der Waals surface area contributed by atoms with Crippen LogP contribution in [0.1, 0.15) is 43.4 Å². The molecule has 112 valence electrons. The second-order valence-corrected chi connectivity index (χ2v) is 5.79. The molecule has 1 saturated heterocycles. The Morgan fingerprint density at radius 3 is 2.55 bits per heavy atom. The van der Waals surface area contributed by atoms with E-state index in [0.717, 1.165) is 31.6 Å². The van der Waals surface area contributed by atoms with E-state index in [9.17, 15) is 4.79 Å². The van der Waals surface area contributed by atoms with Crippen LogP contribution in [0.3, 0.4) is 0 Å². The molecule has 0 bridgehead atoms. The van der Waals surface area contributed by atoms with Gasteiger partial charge in [0, 0.05) is 25.2 Å². The number of hydrogen-bond acceptors (Lipinski definition) is 4. The standard InChI is InChI=1S/C14H25N5O/c1-5-6-11-12(15)13(17-16-11)14(20)19-7-9(2)18(4)10(3)8-19/h9-10H,5-8,15H2,1-4H3,(H,16,17). The first-order valence-corrected chi connectivity index (χ1v) is 7.29. The molecule has 1 aromatic rings. The van der Waals surface area contributed by atoms with Crippen LogP contribution in [-0.2, 0) is 6.42 Å². The molecule has 2 rings (SSSR count). The molecule has 2 unspecified atom stereocenters. The molecule has 0 aliphatic carbocycles. The number of nitrogens with zero attached hydrogens (tertiary/aromatic N) is 3. The summed E-state index contributed by atoms with van der Waals surface area (Å²) in [4.78, 5) is 16.7. The highest BCUT2D eigenvalue weighted by Gasteiger charge is 2.31. The van der Waals surface area contributed by atoms with Gasteiger partial charge in [-0.1, -0.05) is 13.3 Å². The molecule has 1 fully saturated rings. The van der Waals surface area contributed by atoms with Gasteiger partial charge in [0.15, 0.2) is 5.69 Å². The highest BCUT2D eigenvalue weighted by atomic mass is 16.2. The molecule has 1 aliphatic rings. The number of piperazine rings is 1. The number of amides is 1. The van der Waals surface area contributed by atoms with E-state index in [0.29, 0.717) is 23.5 Å². The summed E-state index contributed by atoms with van der Waals surface area (Å²) in [6.45, 7) is 7.77. The van der Waals surface area contributed by atoms with Gasteiger partial charge < -0.3 is 10.6 Å². The molecule has 2 heterocycles. The Labute approximate surface area is 120 Å². The van der Waals surface area contributed by atoms with Gasteiger partial charge in [-0.05, 0) is 27.3 Å². The summed E-state index contributed by atoms with van der Waals surface area (Å²) in [5.41, 5.74) is 7.79. The summed E-state index contributed by atoms with van der Waals surface area (Å²) in [5, 5.41) is 7.02. The van der Waals surface area contributed by atoms with E-state index in [4.69, 9.17) is 5.73 Å². The number of rotatable bonds is 3. The molecular formula is C14H25N5O. The molecule has 2 atom stereocenters. The van der Waals surface area contributed by atoms with Gasteiger partial charge in [-0.2, -0.15) is 5.10 Å². The summed E-state index contributed by atoms with van der Waals surface area (Å²) < 4.78 is 0. The van der Waals surface area contributed by atoms with Gasteiger partial charge in [0.25, 0.3) is 5.91 Å². The third-order valence-corrected chi connectivity index (χ3v) is 4.23. The Balaban J connectivity index is 2.15. The van der Waals surface area contributed by atoms with Crippen LogP contribution < -0.4 is 5.73 Å². The van der Waals surface area contributed by atoms with Crippen molar-refractivity contribution in [1.29, 1.82) is 0 Å². The Morgan fingerprint density at radius 1 is 1.40 bits per heavy atom. The van der Waals surface area contributed by atoms with E-state index in [1.54, 1.807) is 0 Å². The number of carbonyl (C=O) groups is 1. The molecular weight excluding hydrogens is 254 g/mol. The van der Waals surface area contributed by atoms with Crippen molar-refractivity contribution in [3.05, 3.63) is 11.4 Å². The minimum absolute atomic E-state index is 0.0621. The maximum absolute atomic E-state index is 12.6. The molecule has 6 heteroatoms. The van der Waals surface area contributed by atoms with E-state index in [2.05, 4.69) is 42.9 Å². The molecule has 0 saturated carbocycles. The number of carbonyl (C=O) groups excluding carboxylic acids is 1. The monoisotopic (exact) mass is 279 g/mol. The second-order valence-electron chi connectivity index (χ2n) is 5.79. The van der Waals surface area contributed by atoms with Gasteiger partial charge in [0.1, 0.15) is 0 Å². The fourth-order valence-electron chi connectivity index (χ4n) is 2.71. The van der Waals surface area contributed by atoms with Gasteiger partial charge in [0.2, 0.25) is 0 Å². The molecule has 0 spiro atoms. The first-order chi connectivity index (χ1) is 9.45. The lowest BCUT2D eigenvalue weighted by Gasteiger charge is -2.42. The van der Waals surface area contributed by atoms with Crippen molar-refractivity contribution in [2.24, 2.45) is 0 Å². The van der Waals surface area contributed by atoms with Crippen molar-refractivity contribution < 1.29 is 4.79 Å². The fraction of sp³-hybridized carbons (Fsp3) is 0.714. The SMILES string of the molecule is CCCc1[nH]nc(C(=O)N2CC(C)N(C)C(C)C2)c1N. The van der Waals surface area contributed by atoms with Gasteiger partial charge in [-0.25, -0.2) is 0 Å². The van der Waals surface area contributed by atoms with Crippen molar-refractivity contribution in [3.63, 3.8) is 0 Å². The molecule has 20 heavy (non-hydrogen) atoms. The fourth-order valence-corrected chi connectivity index (χ4v) is 2.71. The Hall–Kier alpha value is -1.56. The number of aromatic nitrogens is 2. The second kappa shape index (κ2) is 5.83. The van der Waals surface area contributed by atoms with E-state index >= 15 is 0 Å². The Morgan fingerprint density at radius 2 is 2.00 bits per heavy atom. The van der Waals surface area contributed by atoms with Crippen molar-refractivity contribution in [3.8, 4) is 0 Å². The maximum atomic E-state index is 12.6. The lowest BCUT2D eigenvalue weighted by molar-refractivity contribution is 0.0410. The van der Waals surface area contributed by atoms with Crippen LogP contribution in [0.2, 0.25) is 0 Å². The first kappa shape index (κ1) is 14.8. The number of hydrogen-bond donors (Lipinski definition) is 2. The normalized spacial score (nSPS) is 24.1. The number of nitrogens with one attached hydrogen (secondary N) is 1. The lowest BCUT2D eigenvalue weighted by atomic mass is 10.1. The smallest absolute Gasteiger partial charge is 0.276 e. The Bertz CT molecular complexity index is 472. The van der Waals surface area contributed by atoms with Gasteiger partial charge >= 0.3 is 0 Å². The quantitative estimate of drug-likeness (QED) is 0.869. The van der Waals surface area contributed by atoms with Crippen molar-refractivity contribution in [1.82, 2.24) is 20.0 Å². The largest absolute Gasteiger partial charge is 0.395 e. The van der Waals surface area contributed by atoms with Crippen molar-refractivity contribution in [2.75, 3.05) is 25.9 Å². The average molecular weight is 279 g/mol. The molecule has 3 N–H and O–H groups in total. The van der Waals surface area contributed by atoms with E-state index < -0.39 is 0 Å². The van der Waals surface area contributed by atoms with Crippen LogP contribution >= 0.6 is 0 Å². The summed E-state index contributed by atoms with van der Waals surface area (Å²) in [6, 6.07) is 0.691. The minimum atomic E-state index is -0.0621. The summed E-state index contributed by atoms with van der Waals surface area (Å²) in [6.07, 6.45) is 1.80. The summed E-state index contributed by atoms with van der Waals surface area (Å²) >= 11 is 0. The summed E-state index contributed by atoms with van der Waals surface area (Å²) in [7, 11) is 2.10. The van der Waals surface area contributed by atoms with Crippen LogP contribution in [0.15, 0.2) is 0 Å². The summed E-state index contributed by atoms with van der Waals surface area (Å²) in [5.74, 6) is -0.0621. The number of nitrogen functional groups attached to an aromatic ring is 1. The van der Waals surface area contributed by atoms with Crippen molar-refractivity contribution in [2.45, 2.75) is 45.7 Å². The first-order valence-electron chi connectivity index (χ1n) is 7.29. The topological polar surface area (TPSA) is 78.2 Å². The molecule has 1 aromatic heterocycles. The zero-order valence-corrected chi connectivity index (χ0v) is 12.8. The highest BCUT2D eigenvalue weighted by Crippen LogP contribution is 2.20. The number of aromatic amines is 1. The highest BCUT2D eigenvalue weighted by molar-refractivity contribution is 5.97. The zero-order chi connectivity index (χ0) is 14.9. The molecule has 0 aromatic carbocycles. The van der Waals surface area contributed by atoms with E-state index in [1.165, 1.54) is 0 Å². The van der Waals surface area contributed by atoms with E-state index in [-0.39, 0.29) is 5.91 Å². The van der Waals surface area contributed by atoms with Crippen LogP contribution in [0.4, 0.5) is 5.69 Å². The van der Waals surface area contributed by atoms with Crippen LogP contribution in [-0.4, -0.2) is 58.1 Å². The Kier molecular flexibility index (Phi) is 4.32. The minimum Gasteiger partial charge on any atom is -0.395 e. The van der Waals surface area contributed by atoms with Crippen LogP contribution in [0.25, 0.3) is 0 Å².